The smallest absolute Gasteiger partial charge is 0.323 e. The number of anilines is 1. The van der Waals surface area contributed by atoms with E-state index in [2.05, 4.69) is 10.4 Å². The summed E-state index contributed by atoms with van der Waals surface area (Å²) in [5.41, 5.74) is 1.03. The first-order valence-electron chi connectivity index (χ1n) is 7.53. The van der Waals surface area contributed by atoms with Crippen molar-refractivity contribution in [2.24, 2.45) is 7.05 Å². The van der Waals surface area contributed by atoms with Crippen LogP contribution < -0.4 is 10.1 Å². The van der Waals surface area contributed by atoms with E-state index in [9.17, 15) is 9.90 Å². The Morgan fingerprint density at radius 1 is 1.39 bits per heavy atom. The molecule has 1 aliphatic heterocycles. The predicted octanol–water partition coefficient (Wildman–Crippen LogP) is 2.50. The lowest BCUT2D eigenvalue weighted by Crippen LogP contribution is -2.34. The fourth-order valence-corrected chi connectivity index (χ4v) is 2.89. The normalized spacial score (nSPS) is 17.3. The SMILES string of the molecule is COc1cc(NC(=O)N2CCCC2c2ccc(O)cc2)n(C)n1. The number of phenols is 1. The molecule has 0 saturated carbocycles. The molecule has 7 heteroatoms. The molecule has 1 saturated heterocycles. The van der Waals surface area contributed by atoms with Gasteiger partial charge in [-0.3, -0.25) is 5.32 Å². The van der Waals surface area contributed by atoms with Gasteiger partial charge in [-0.25, -0.2) is 9.48 Å². The number of rotatable bonds is 3. The second kappa shape index (κ2) is 6.20. The molecule has 2 amide bonds. The first kappa shape index (κ1) is 15.2. The molecule has 2 aromatic rings. The number of hydrogen-bond donors (Lipinski definition) is 2. The fraction of sp³-hybridized carbons (Fsp3) is 0.375. The standard InChI is InChI=1S/C16H20N4O3/c1-19-14(10-15(18-19)23-2)17-16(22)20-9-3-4-13(20)11-5-7-12(21)8-6-11/h5-8,10,13,21H,3-4,9H2,1-2H3,(H,17,22). The molecule has 0 aliphatic carbocycles. The number of aryl methyl sites for hydroxylation is 1. The van der Waals surface area contributed by atoms with Crippen molar-refractivity contribution in [2.75, 3.05) is 19.0 Å². The number of aromatic nitrogens is 2. The van der Waals surface area contributed by atoms with E-state index >= 15 is 0 Å². The maximum atomic E-state index is 12.6. The van der Waals surface area contributed by atoms with E-state index in [1.807, 2.05) is 17.0 Å². The molecule has 1 aliphatic rings. The summed E-state index contributed by atoms with van der Waals surface area (Å²) in [4.78, 5) is 14.4. The van der Waals surface area contributed by atoms with Crippen molar-refractivity contribution in [3.8, 4) is 11.6 Å². The molecule has 0 bridgehead atoms. The minimum absolute atomic E-state index is 0.0192. The van der Waals surface area contributed by atoms with Crippen LogP contribution in [0.1, 0.15) is 24.4 Å². The summed E-state index contributed by atoms with van der Waals surface area (Å²) in [6.45, 7) is 0.701. The van der Waals surface area contributed by atoms with Crippen LogP contribution in [0.4, 0.5) is 10.6 Å². The second-order valence-corrected chi connectivity index (χ2v) is 5.57. The number of nitrogens with zero attached hydrogens (tertiary/aromatic N) is 3. The summed E-state index contributed by atoms with van der Waals surface area (Å²) in [5, 5.41) is 16.4. The van der Waals surface area contributed by atoms with Crippen LogP contribution in [0, 0.1) is 0 Å². The van der Waals surface area contributed by atoms with Crippen molar-refractivity contribution in [3.05, 3.63) is 35.9 Å². The fourth-order valence-electron chi connectivity index (χ4n) is 2.89. The number of amides is 2. The molecule has 3 rings (SSSR count). The number of ether oxygens (including phenoxy) is 1. The first-order chi connectivity index (χ1) is 11.1. The Labute approximate surface area is 134 Å². The van der Waals surface area contributed by atoms with E-state index in [1.54, 1.807) is 29.9 Å². The van der Waals surface area contributed by atoms with Gasteiger partial charge in [-0.1, -0.05) is 12.1 Å². The number of aromatic hydroxyl groups is 1. The van der Waals surface area contributed by atoms with E-state index in [0.717, 1.165) is 18.4 Å². The molecule has 2 heterocycles. The van der Waals surface area contributed by atoms with Crippen LogP contribution in [-0.4, -0.2) is 39.5 Å². The Bertz CT molecular complexity index is 696. The largest absolute Gasteiger partial charge is 0.508 e. The van der Waals surface area contributed by atoms with Crippen LogP contribution in [-0.2, 0) is 7.05 Å². The van der Waals surface area contributed by atoms with Crippen molar-refractivity contribution in [1.29, 1.82) is 0 Å². The maximum absolute atomic E-state index is 12.6. The van der Waals surface area contributed by atoms with Gasteiger partial charge in [0, 0.05) is 19.7 Å². The van der Waals surface area contributed by atoms with E-state index in [1.165, 1.54) is 7.11 Å². The number of hydrogen-bond acceptors (Lipinski definition) is 4. The molecule has 122 valence electrons. The zero-order chi connectivity index (χ0) is 16.4. The van der Waals surface area contributed by atoms with Gasteiger partial charge in [-0.2, -0.15) is 0 Å². The Hall–Kier alpha value is -2.70. The van der Waals surface area contributed by atoms with Crippen LogP contribution in [0.2, 0.25) is 0 Å². The van der Waals surface area contributed by atoms with Crippen LogP contribution in [0.5, 0.6) is 11.6 Å². The van der Waals surface area contributed by atoms with Crippen molar-refractivity contribution in [1.82, 2.24) is 14.7 Å². The number of urea groups is 1. The van der Waals surface area contributed by atoms with Crippen LogP contribution >= 0.6 is 0 Å². The van der Waals surface area contributed by atoms with Crippen LogP contribution in [0.3, 0.4) is 0 Å². The van der Waals surface area contributed by atoms with Crippen molar-refractivity contribution < 1.29 is 14.6 Å². The van der Waals surface area contributed by atoms with Gasteiger partial charge in [0.05, 0.1) is 13.2 Å². The molecule has 1 unspecified atom stereocenters. The minimum Gasteiger partial charge on any atom is -0.508 e. The summed E-state index contributed by atoms with van der Waals surface area (Å²) in [6, 6.07) is 8.56. The third kappa shape index (κ3) is 3.08. The monoisotopic (exact) mass is 316 g/mol. The molecule has 7 nitrogen and oxygen atoms in total. The van der Waals surface area contributed by atoms with Crippen LogP contribution in [0.15, 0.2) is 30.3 Å². The summed E-state index contributed by atoms with van der Waals surface area (Å²) in [5.74, 6) is 1.27. The van der Waals surface area contributed by atoms with Crippen molar-refractivity contribution >= 4 is 11.8 Å². The number of carbonyl (C=O) groups excluding carboxylic acids is 1. The highest BCUT2D eigenvalue weighted by molar-refractivity contribution is 5.89. The number of phenolic OH excluding ortho intramolecular Hbond substituents is 1. The zero-order valence-corrected chi connectivity index (χ0v) is 13.2. The zero-order valence-electron chi connectivity index (χ0n) is 13.2. The molecule has 1 aromatic heterocycles. The molecular weight excluding hydrogens is 296 g/mol. The minimum atomic E-state index is -0.161. The van der Waals surface area contributed by atoms with Crippen molar-refractivity contribution in [3.63, 3.8) is 0 Å². The lowest BCUT2D eigenvalue weighted by Gasteiger charge is -2.25. The molecule has 1 fully saturated rings. The van der Waals surface area contributed by atoms with Gasteiger partial charge in [-0.15, -0.1) is 5.10 Å². The van der Waals surface area contributed by atoms with Gasteiger partial charge >= 0.3 is 6.03 Å². The van der Waals surface area contributed by atoms with E-state index in [4.69, 9.17) is 4.74 Å². The maximum Gasteiger partial charge on any atom is 0.323 e. The van der Waals surface area contributed by atoms with Gasteiger partial charge in [0.25, 0.3) is 0 Å². The highest BCUT2D eigenvalue weighted by Gasteiger charge is 2.30. The Morgan fingerprint density at radius 2 is 2.13 bits per heavy atom. The second-order valence-electron chi connectivity index (χ2n) is 5.57. The van der Waals surface area contributed by atoms with E-state index < -0.39 is 0 Å². The van der Waals surface area contributed by atoms with Gasteiger partial charge in [0.2, 0.25) is 5.88 Å². The average molecular weight is 316 g/mol. The Balaban J connectivity index is 1.75. The topological polar surface area (TPSA) is 79.6 Å². The van der Waals surface area contributed by atoms with Gasteiger partial charge in [0.15, 0.2) is 0 Å². The number of likely N-dealkylation sites (tertiary alicyclic amines) is 1. The quantitative estimate of drug-likeness (QED) is 0.912. The first-order valence-corrected chi connectivity index (χ1v) is 7.53. The lowest BCUT2D eigenvalue weighted by atomic mass is 10.0. The third-order valence-electron chi connectivity index (χ3n) is 4.09. The van der Waals surface area contributed by atoms with Gasteiger partial charge < -0.3 is 14.7 Å². The number of benzene rings is 1. The summed E-state index contributed by atoms with van der Waals surface area (Å²) in [7, 11) is 3.29. The highest BCUT2D eigenvalue weighted by Crippen LogP contribution is 2.33. The Morgan fingerprint density at radius 3 is 2.78 bits per heavy atom. The lowest BCUT2D eigenvalue weighted by molar-refractivity contribution is 0.207. The number of methoxy groups -OCH3 is 1. The number of nitrogens with one attached hydrogen (secondary N) is 1. The van der Waals surface area contributed by atoms with Gasteiger partial charge in [-0.05, 0) is 30.5 Å². The van der Waals surface area contributed by atoms with Gasteiger partial charge in [0.1, 0.15) is 11.6 Å². The summed E-state index contributed by atoms with van der Waals surface area (Å²) >= 11 is 0. The molecule has 1 atom stereocenters. The van der Waals surface area contributed by atoms with E-state index in [-0.39, 0.29) is 17.8 Å². The third-order valence-corrected chi connectivity index (χ3v) is 4.09. The highest BCUT2D eigenvalue weighted by atomic mass is 16.5. The average Bonchev–Trinajstić information content (AvgIpc) is 3.15. The molecule has 1 aromatic carbocycles. The molecule has 2 N–H and O–H groups in total. The Kier molecular flexibility index (Phi) is 4.10. The van der Waals surface area contributed by atoms with E-state index in [0.29, 0.717) is 18.2 Å². The van der Waals surface area contributed by atoms with Crippen LogP contribution in [0.25, 0.3) is 0 Å². The molecule has 0 radical (unpaired) electrons. The number of carbonyl (C=O) groups is 1. The molecule has 23 heavy (non-hydrogen) atoms. The van der Waals surface area contributed by atoms with Crippen molar-refractivity contribution in [2.45, 2.75) is 18.9 Å². The predicted molar refractivity (Wildman–Crippen MR) is 85.6 cm³/mol. The molecular formula is C16H20N4O3. The summed E-state index contributed by atoms with van der Waals surface area (Å²) < 4.78 is 6.64. The summed E-state index contributed by atoms with van der Waals surface area (Å²) in [6.07, 6.45) is 1.86. The molecule has 0 spiro atoms.